The fourth-order valence-corrected chi connectivity index (χ4v) is 4.71. The molecule has 0 bridgehead atoms. The summed E-state index contributed by atoms with van der Waals surface area (Å²) in [5.74, 6) is 0.0718. The zero-order valence-corrected chi connectivity index (χ0v) is 15.7. The van der Waals surface area contributed by atoms with Gasteiger partial charge in [-0.3, -0.25) is 9.69 Å². The van der Waals surface area contributed by atoms with Gasteiger partial charge in [-0.2, -0.15) is 0 Å². The highest BCUT2D eigenvalue weighted by Gasteiger charge is 2.23. The third kappa shape index (κ3) is 3.91. The molecule has 4 rings (SSSR count). The highest BCUT2D eigenvalue weighted by atomic mass is 32.1. The van der Waals surface area contributed by atoms with Crippen LogP contribution in [0.15, 0.2) is 35.7 Å². The molecule has 0 spiro atoms. The molecular formula is C20H24FN3OS. The molecule has 0 N–H and O–H groups in total. The van der Waals surface area contributed by atoms with Gasteiger partial charge in [-0.15, -0.1) is 11.3 Å². The van der Waals surface area contributed by atoms with Crippen molar-refractivity contribution in [3.63, 3.8) is 0 Å². The second-order valence-electron chi connectivity index (χ2n) is 6.99. The normalized spacial score (nSPS) is 18.0. The summed E-state index contributed by atoms with van der Waals surface area (Å²) in [7, 11) is 0. The maximum atomic E-state index is 13.4. The average Bonchev–Trinajstić information content (AvgIpc) is 3.14. The molecular weight excluding hydrogens is 349 g/mol. The largest absolute Gasteiger partial charge is 0.369 e. The number of rotatable bonds is 4. The molecule has 0 aliphatic carbocycles. The Morgan fingerprint density at radius 2 is 1.96 bits per heavy atom. The Labute approximate surface area is 157 Å². The number of hydrogen-bond donors (Lipinski definition) is 0. The number of amides is 1. The van der Waals surface area contributed by atoms with E-state index in [1.165, 1.54) is 16.5 Å². The van der Waals surface area contributed by atoms with Crippen LogP contribution >= 0.6 is 11.3 Å². The van der Waals surface area contributed by atoms with E-state index in [4.69, 9.17) is 0 Å². The first-order chi connectivity index (χ1) is 12.7. The van der Waals surface area contributed by atoms with Crippen molar-refractivity contribution >= 4 is 22.9 Å². The van der Waals surface area contributed by atoms with Gasteiger partial charge in [0.05, 0.1) is 6.54 Å². The minimum absolute atomic E-state index is 0.189. The summed E-state index contributed by atoms with van der Waals surface area (Å²) in [6.45, 7) is 6.01. The molecule has 4 nitrogen and oxygen atoms in total. The number of anilines is 1. The molecule has 0 saturated carbocycles. The maximum absolute atomic E-state index is 13.4. The van der Waals surface area contributed by atoms with Crippen LogP contribution in [0.1, 0.15) is 16.9 Å². The summed E-state index contributed by atoms with van der Waals surface area (Å²) in [5, 5.41) is 2.12. The monoisotopic (exact) mass is 373 g/mol. The van der Waals surface area contributed by atoms with Crippen LogP contribution in [0.25, 0.3) is 0 Å². The van der Waals surface area contributed by atoms with Gasteiger partial charge in [-0.05, 0) is 41.6 Å². The smallest absolute Gasteiger partial charge is 0.224 e. The second-order valence-corrected chi connectivity index (χ2v) is 7.99. The molecule has 1 aromatic heterocycles. The number of hydrogen-bond acceptors (Lipinski definition) is 4. The van der Waals surface area contributed by atoms with Gasteiger partial charge in [0.15, 0.2) is 0 Å². The summed E-state index contributed by atoms with van der Waals surface area (Å²) in [6, 6.07) is 8.96. The molecule has 1 aromatic carbocycles. The molecule has 138 valence electrons. The minimum atomic E-state index is -0.189. The zero-order valence-electron chi connectivity index (χ0n) is 14.9. The SMILES string of the molecule is O=C(CCN1CCN(c2cccc(F)c2)CC1)N1CCc2ccsc2C1. The number of benzene rings is 1. The predicted molar refractivity (Wildman–Crippen MR) is 103 cm³/mol. The van der Waals surface area contributed by atoms with Crippen LogP contribution in [0.3, 0.4) is 0 Å². The molecule has 0 radical (unpaired) electrons. The maximum Gasteiger partial charge on any atom is 0.224 e. The Morgan fingerprint density at radius 1 is 1.12 bits per heavy atom. The van der Waals surface area contributed by atoms with E-state index in [1.54, 1.807) is 23.5 Å². The average molecular weight is 373 g/mol. The number of piperazine rings is 1. The molecule has 0 atom stereocenters. The summed E-state index contributed by atoms with van der Waals surface area (Å²) in [4.78, 5) is 20.4. The molecule has 0 unspecified atom stereocenters. The molecule has 1 fully saturated rings. The van der Waals surface area contributed by atoms with Crippen LogP contribution in [0.2, 0.25) is 0 Å². The van der Waals surface area contributed by atoms with Crippen molar-refractivity contribution in [3.05, 3.63) is 52.0 Å². The first-order valence-electron chi connectivity index (χ1n) is 9.25. The van der Waals surface area contributed by atoms with Crippen LogP contribution in [-0.4, -0.2) is 55.0 Å². The lowest BCUT2D eigenvalue weighted by Gasteiger charge is -2.36. The van der Waals surface area contributed by atoms with Crippen LogP contribution in [0.4, 0.5) is 10.1 Å². The van der Waals surface area contributed by atoms with E-state index >= 15 is 0 Å². The van der Waals surface area contributed by atoms with Crippen molar-refractivity contribution in [2.45, 2.75) is 19.4 Å². The van der Waals surface area contributed by atoms with E-state index in [0.29, 0.717) is 6.42 Å². The summed E-state index contributed by atoms with van der Waals surface area (Å²) >= 11 is 1.76. The number of fused-ring (bicyclic) bond motifs is 1. The van der Waals surface area contributed by atoms with Crippen LogP contribution < -0.4 is 4.90 Å². The van der Waals surface area contributed by atoms with Gasteiger partial charge in [0.2, 0.25) is 5.91 Å². The minimum Gasteiger partial charge on any atom is -0.369 e. The third-order valence-corrected chi connectivity index (χ3v) is 6.31. The van der Waals surface area contributed by atoms with E-state index in [1.807, 2.05) is 11.0 Å². The Kier molecular flexibility index (Phi) is 5.22. The summed E-state index contributed by atoms with van der Waals surface area (Å²) in [6.07, 6.45) is 1.57. The quantitative estimate of drug-likeness (QED) is 0.824. The van der Waals surface area contributed by atoms with Crippen molar-refractivity contribution in [2.75, 3.05) is 44.2 Å². The lowest BCUT2D eigenvalue weighted by atomic mass is 10.1. The van der Waals surface area contributed by atoms with Gasteiger partial charge >= 0.3 is 0 Å². The van der Waals surface area contributed by atoms with Gasteiger partial charge in [-0.25, -0.2) is 4.39 Å². The highest BCUT2D eigenvalue weighted by Crippen LogP contribution is 2.24. The fourth-order valence-electron chi connectivity index (χ4n) is 3.76. The molecule has 3 heterocycles. The third-order valence-electron chi connectivity index (χ3n) is 5.36. The van der Waals surface area contributed by atoms with Gasteiger partial charge in [0.25, 0.3) is 0 Å². The Morgan fingerprint density at radius 3 is 2.77 bits per heavy atom. The van der Waals surface area contributed by atoms with Crippen molar-refractivity contribution in [1.82, 2.24) is 9.80 Å². The van der Waals surface area contributed by atoms with Crippen LogP contribution in [0.5, 0.6) is 0 Å². The second kappa shape index (κ2) is 7.76. The molecule has 1 saturated heterocycles. The first-order valence-corrected chi connectivity index (χ1v) is 10.1. The molecule has 1 amide bonds. The number of nitrogens with zero attached hydrogens (tertiary/aromatic N) is 3. The zero-order chi connectivity index (χ0) is 17.9. The standard InChI is InChI=1S/C20H24FN3OS/c21-17-2-1-3-18(14-17)23-11-9-22(10-12-23)7-5-20(25)24-8-4-16-6-13-26-19(16)15-24/h1-3,6,13-14H,4-5,7-12,15H2. The Bertz CT molecular complexity index is 770. The van der Waals surface area contributed by atoms with E-state index in [-0.39, 0.29) is 11.7 Å². The Balaban J connectivity index is 1.23. The topological polar surface area (TPSA) is 26.8 Å². The van der Waals surface area contributed by atoms with Gasteiger partial charge < -0.3 is 9.80 Å². The number of halogens is 1. The first kappa shape index (κ1) is 17.5. The molecule has 2 aromatic rings. The van der Waals surface area contributed by atoms with Crippen molar-refractivity contribution < 1.29 is 9.18 Å². The van der Waals surface area contributed by atoms with E-state index in [0.717, 1.165) is 57.9 Å². The highest BCUT2D eigenvalue weighted by molar-refractivity contribution is 7.10. The molecule has 2 aliphatic rings. The van der Waals surface area contributed by atoms with Gasteiger partial charge in [-0.1, -0.05) is 6.07 Å². The molecule has 26 heavy (non-hydrogen) atoms. The molecule has 2 aliphatic heterocycles. The van der Waals surface area contributed by atoms with Crippen molar-refractivity contribution in [1.29, 1.82) is 0 Å². The Hall–Kier alpha value is -1.92. The van der Waals surface area contributed by atoms with Gasteiger partial charge in [0.1, 0.15) is 5.82 Å². The summed E-state index contributed by atoms with van der Waals surface area (Å²) < 4.78 is 13.4. The molecule has 6 heteroatoms. The number of thiophene rings is 1. The van der Waals surface area contributed by atoms with Crippen molar-refractivity contribution in [2.24, 2.45) is 0 Å². The fraction of sp³-hybridized carbons (Fsp3) is 0.450. The van der Waals surface area contributed by atoms with Gasteiger partial charge in [0, 0.05) is 56.3 Å². The number of carbonyl (C=O) groups is 1. The summed E-state index contributed by atoms with van der Waals surface area (Å²) in [5.41, 5.74) is 2.35. The van der Waals surface area contributed by atoms with E-state index < -0.39 is 0 Å². The predicted octanol–water partition coefficient (Wildman–Crippen LogP) is 2.98. The lowest BCUT2D eigenvalue weighted by Crippen LogP contribution is -2.47. The van der Waals surface area contributed by atoms with Crippen LogP contribution in [-0.2, 0) is 17.8 Å². The van der Waals surface area contributed by atoms with Crippen LogP contribution in [0, 0.1) is 5.82 Å². The van der Waals surface area contributed by atoms with Crippen molar-refractivity contribution in [3.8, 4) is 0 Å². The van der Waals surface area contributed by atoms with E-state index in [9.17, 15) is 9.18 Å². The number of carbonyl (C=O) groups excluding carboxylic acids is 1. The lowest BCUT2D eigenvalue weighted by molar-refractivity contribution is -0.132. The van der Waals surface area contributed by atoms with E-state index in [2.05, 4.69) is 21.2 Å².